The molecule has 2 aromatic carbocycles. The normalized spacial score (nSPS) is 11.2. The van der Waals surface area contributed by atoms with E-state index in [1.807, 2.05) is 57.8 Å². The molecule has 7 nitrogen and oxygen atoms in total. The van der Waals surface area contributed by atoms with Crippen LogP contribution in [0.4, 0.5) is 0 Å². The Morgan fingerprint density at radius 3 is 2.74 bits per heavy atom. The van der Waals surface area contributed by atoms with Crippen LogP contribution >= 0.6 is 0 Å². The van der Waals surface area contributed by atoms with Gasteiger partial charge >= 0.3 is 0 Å². The summed E-state index contributed by atoms with van der Waals surface area (Å²) in [6.45, 7) is 0.771. The summed E-state index contributed by atoms with van der Waals surface area (Å²) in [6, 6.07) is 13.6. The number of benzene rings is 2. The molecule has 0 amide bonds. The highest BCUT2D eigenvalue weighted by Crippen LogP contribution is 2.31. The van der Waals surface area contributed by atoms with Gasteiger partial charge in [-0.3, -0.25) is 4.57 Å². The number of hydrogen-bond donors (Lipinski definition) is 2. The summed E-state index contributed by atoms with van der Waals surface area (Å²) in [5.41, 5.74) is 3.61. The SMILES string of the molecule is OCCOc1ccccc1-c1nccn1-c1ccc2c(c1)ncn2CCO. The van der Waals surface area contributed by atoms with Crippen molar-refractivity contribution in [2.75, 3.05) is 19.8 Å². The summed E-state index contributed by atoms with van der Waals surface area (Å²) < 4.78 is 9.56. The predicted molar refractivity (Wildman–Crippen MR) is 102 cm³/mol. The van der Waals surface area contributed by atoms with Crippen molar-refractivity contribution in [1.29, 1.82) is 0 Å². The molecule has 0 aliphatic rings. The van der Waals surface area contributed by atoms with Crippen LogP contribution in [0.2, 0.25) is 0 Å². The van der Waals surface area contributed by atoms with E-state index in [2.05, 4.69) is 9.97 Å². The van der Waals surface area contributed by atoms with E-state index < -0.39 is 0 Å². The monoisotopic (exact) mass is 364 g/mol. The van der Waals surface area contributed by atoms with Crippen LogP contribution in [0.1, 0.15) is 0 Å². The fourth-order valence-electron chi connectivity index (χ4n) is 3.13. The van der Waals surface area contributed by atoms with Crippen molar-refractivity contribution in [1.82, 2.24) is 19.1 Å². The van der Waals surface area contributed by atoms with Crippen molar-refractivity contribution >= 4 is 11.0 Å². The van der Waals surface area contributed by atoms with Crippen molar-refractivity contribution in [2.45, 2.75) is 6.54 Å². The summed E-state index contributed by atoms with van der Waals surface area (Å²) in [6.07, 6.45) is 5.37. The van der Waals surface area contributed by atoms with Crippen LogP contribution < -0.4 is 4.74 Å². The summed E-state index contributed by atoms with van der Waals surface area (Å²) in [5, 5.41) is 18.2. The molecule has 0 bridgehead atoms. The van der Waals surface area contributed by atoms with Gasteiger partial charge in [-0.15, -0.1) is 0 Å². The van der Waals surface area contributed by atoms with Gasteiger partial charge in [0.15, 0.2) is 0 Å². The predicted octanol–water partition coefficient (Wildman–Crippen LogP) is 2.25. The molecule has 0 radical (unpaired) electrons. The van der Waals surface area contributed by atoms with Crippen LogP contribution in [0.5, 0.6) is 5.75 Å². The molecule has 0 saturated heterocycles. The minimum absolute atomic E-state index is 0.0457. The molecular formula is C20H20N4O3. The lowest BCUT2D eigenvalue weighted by molar-refractivity contribution is 0.202. The molecule has 0 saturated carbocycles. The largest absolute Gasteiger partial charge is 0.490 e. The minimum Gasteiger partial charge on any atom is -0.490 e. The van der Waals surface area contributed by atoms with E-state index in [1.165, 1.54) is 0 Å². The Bertz CT molecular complexity index is 1050. The van der Waals surface area contributed by atoms with E-state index in [1.54, 1.807) is 12.5 Å². The van der Waals surface area contributed by atoms with Gasteiger partial charge in [-0.2, -0.15) is 0 Å². The molecule has 0 fully saturated rings. The topological polar surface area (TPSA) is 85.3 Å². The molecule has 27 heavy (non-hydrogen) atoms. The van der Waals surface area contributed by atoms with Gasteiger partial charge in [0.05, 0.1) is 36.1 Å². The molecular weight excluding hydrogens is 344 g/mol. The highest BCUT2D eigenvalue weighted by atomic mass is 16.5. The zero-order valence-electron chi connectivity index (χ0n) is 14.7. The van der Waals surface area contributed by atoms with Gasteiger partial charge in [-0.25, -0.2) is 9.97 Å². The highest BCUT2D eigenvalue weighted by molar-refractivity contribution is 5.78. The first-order valence-electron chi connectivity index (χ1n) is 8.74. The summed E-state index contributed by atoms with van der Waals surface area (Å²) >= 11 is 0. The molecule has 2 heterocycles. The highest BCUT2D eigenvalue weighted by Gasteiger charge is 2.14. The first kappa shape index (κ1) is 17.3. The lowest BCUT2D eigenvalue weighted by Crippen LogP contribution is -2.04. The number of aromatic nitrogens is 4. The van der Waals surface area contributed by atoms with Gasteiger partial charge in [0.1, 0.15) is 18.2 Å². The fourth-order valence-corrected chi connectivity index (χ4v) is 3.13. The smallest absolute Gasteiger partial charge is 0.148 e. The molecule has 0 unspecified atom stereocenters. The van der Waals surface area contributed by atoms with Gasteiger partial charge in [-0.05, 0) is 30.3 Å². The first-order chi connectivity index (χ1) is 13.3. The fraction of sp³-hybridized carbons (Fsp3) is 0.200. The number of ether oxygens (including phenoxy) is 1. The number of hydrogen-bond acceptors (Lipinski definition) is 5. The minimum atomic E-state index is -0.0457. The Kier molecular flexibility index (Phi) is 4.86. The van der Waals surface area contributed by atoms with Crippen LogP contribution in [-0.4, -0.2) is 49.1 Å². The lowest BCUT2D eigenvalue weighted by Gasteiger charge is -2.13. The van der Waals surface area contributed by atoms with Gasteiger partial charge in [0, 0.05) is 24.6 Å². The second-order valence-electron chi connectivity index (χ2n) is 6.02. The van der Waals surface area contributed by atoms with Crippen molar-refractivity contribution < 1.29 is 14.9 Å². The molecule has 0 spiro atoms. The first-order valence-corrected chi connectivity index (χ1v) is 8.74. The molecule has 4 rings (SSSR count). The van der Waals surface area contributed by atoms with Crippen molar-refractivity contribution in [3.05, 3.63) is 61.2 Å². The molecule has 138 valence electrons. The zero-order valence-corrected chi connectivity index (χ0v) is 14.7. The third-order valence-corrected chi connectivity index (χ3v) is 4.34. The van der Waals surface area contributed by atoms with E-state index in [4.69, 9.17) is 14.9 Å². The second-order valence-corrected chi connectivity index (χ2v) is 6.02. The van der Waals surface area contributed by atoms with Crippen LogP contribution in [-0.2, 0) is 6.54 Å². The van der Waals surface area contributed by atoms with E-state index in [-0.39, 0.29) is 19.8 Å². The Morgan fingerprint density at radius 2 is 1.89 bits per heavy atom. The molecule has 0 atom stereocenters. The average Bonchev–Trinajstić information content (AvgIpc) is 3.34. The van der Waals surface area contributed by atoms with Crippen molar-refractivity contribution in [3.8, 4) is 22.8 Å². The standard InChI is InChI=1S/C20H20N4O3/c25-10-9-23-14-22-17-13-15(5-6-18(17)23)24-8-7-21-20(24)16-3-1-2-4-19(16)27-12-11-26/h1-8,13-14,25-26H,9-12H2. The Hall–Kier alpha value is -3.16. The average molecular weight is 364 g/mol. The van der Waals surface area contributed by atoms with Gasteiger partial charge in [0.25, 0.3) is 0 Å². The van der Waals surface area contributed by atoms with Gasteiger partial charge < -0.3 is 19.5 Å². The maximum Gasteiger partial charge on any atom is 0.148 e. The van der Waals surface area contributed by atoms with E-state index >= 15 is 0 Å². The summed E-state index contributed by atoms with van der Waals surface area (Å²) in [5.74, 6) is 1.42. The number of nitrogens with zero attached hydrogens (tertiary/aromatic N) is 4. The molecule has 4 aromatic rings. The van der Waals surface area contributed by atoms with Crippen LogP contribution in [0.25, 0.3) is 28.1 Å². The lowest BCUT2D eigenvalue weighted by atomic mass is 10.1. The Labute approximate surface area is 156 Å². The molecule has 0 aliphatic heterocycles. The van der Waals surface area contributed by atoms with Crippen molar-refractivity contribution in [2.24, 2.45) is 0 Å². The quantitative estimate of drug-likeness (QED) is 0.525. The third kappa shape index (κ3) is 3.30. The number of aliphatic hydroxyl groups is 2. The molecule has 0 aliphatic carbocycles. The second kappa shape index (κ2) is 7.61. The van der Waals surface area contributed by atoms with Crippen LogP contribution in [0.15, 0.2) is 61.2 Å². The van der Waals surface area contributed by atoms with Gasteiger partial charge in [0.2, 0.25) is 0 Å². The summed E-state index contributed by atoms with van der Waals surface area (Å²) in [4.78, 5) is 8.94. The maximum absolute atomic E-state index is 9.16. The van der Waals surface area contributed by atoms with Crippen LogP contribution in [0.3, 0.4) is 0 Å². The zero-order chi connectivity index (χ0) is 18.6. The van der Waals surface area contributed by atoms with Crippen LogP contribution in [0, 0.1) is 0 Å². The van der Waals surface area contributed by atoms with E-state index in [0.717, 1.165) is 28.1 Å². The maximum atomic E-state index is 9.16. The Morgan fingerprint density at radius 1 is 1.00 bits per heavy atom. The van der Waals surface area contributed by atoms with E-state index in [9.17, 15) is 0 Å². The number of imidazole rings is 2. The molecule has 2 aromatic heterocycles. The number of aliphatic hydroxyl groups excluding tert-OH is 2. The molecule has 2 N–H and O–H groups in total. The number of fused-ring (bicyclic) bond motifs is 1. The molecule has 7 heteroatoms. The summed E-state index contributed by atoms with van der Waals surface area (Å²) in [7, 11) is 0. The Balaban J connectivity index is 1.76. The third-order valence-electron chi connectivity index (χ3n) is 4.34. The van der Waals surface area contributed by atoms with Gasteiger partial charge in [-0.1, -0.05) is 12.1 Å². The van der Waals surface area contributed by atoms with E-state index in [0.29, 0.717) is 12.3 Å². The number of rotatable bonds is 7. The number of para-hydroxylation sites is 1. The van der Waals surface area contributed by atoms with Crippen molar-refractivity contribution in [3.63, 3.8) is 0 Å².